The van der Waals surface area contributed by atoms with Crippen molar-refractivity contribution in [3.05, 3.63) is 27.8 Å². The SMILES string of the molecule is CC(Cl)c1cc2c(cc1[N+](=O)[O-])OCO2. The lowest BCUT2D eigenvalue weighted by molar-refractivity contribution is -0.385. The van der Waals surface area contributed by atoms with Crippen molar-refractivity contribution in [3.8, 4) is 11.5 Å². The molecule has 1 aliphatic heterocycles. The quantitative estimate of drug-likeness (QED) is 0.444. The molecule has 0 aromatic heterocycles. The van der Waals surface area contributed by atoms with Crippen molar-refractivity contribution in [2.45, 2.75) is 12.3 Å². The molecule has 5 nitrogen and oxygen atoms in total. The number of nitro groups is 1. The average molecular weight is 230 g/mol. The van der Waals surface area contributed by atoms with Crippen LogP contribution in [-0.4, -0.2) is 11.7 Å². The molecule has 0 spiro atoms. The van der Waals surface area contributed by atoms with E-state index in [9.17, 15) is 10.1 Å². The molecule has 0 fully saturated rings. The highest BCUT2D eigenvalue weighted by Gasteiger charge is 2.25. The Morgan fingerprint density at radius 1 is 1.47 bits per heavy atom. The molecular weight excluding hydrogens is 222 g/mol. The number of hydrogen-bond donors (Lipinski definition) is 0. The fraction of sp³-hybridized carbons (Fsp3) is 0.333. The highest BCUT2D eigenvalue weighted by atomic mass is 35.5. The van der Waals surface area contributed by atoms with Crippen LogP contribution < -0.4 is 9.47 Å². The van der Waals surface area contributed by atoms with E-state index in [0.29, 0.717) is 17.1 Å². The fourth-order valence-electron chi connectivity index (χ4n) is 1.42. The van der Waals surface area contributed by atoms with Crippen LogP contribution in [0, 0.1) is 10.1 Å². The zero-order valence-electron chi connectivity index (χ0n) is 7.90. The summed E-state index contributed by atoms with van der Waals surface area (Å²) in [6.07, 6.45) is 0. The van der Waals surface area contributed by atoms with Gasteiger partial charge < -0.3 is 9.47 Å². The molecule has 0 amide bonds. The molecule has 0 bridgehead atoms. The Balaban J connectivity index is 2.57. The molecule has 2 rings (SSSR count). The minimum atomic E-state index is -0.476. The Morgan fingerprint density at radius 3 is 2.60 bits per heavy atom. The van der Waals surface area contributed by atoms with E-state index in [0.717, 1.165) is 0 Å². The number of alkyl halides is 1. The molecule has 0 saturated heterocycles. The predicted octanol–water partition coefficient (Wildman–Crippen LogP) is 2.62. The van der Waals surface area contributed by atoms with Crippen LogP contribution in [0.2, 0.25) is 0 Å². The van der Waals surface area contributed by atoms with E-state index in [1.165, 1.54) is 6.07 Å². The average Bonchev–Trinajstić information content (AvgIpc) is 2.61. The molecule has 0 radical (unpaired) electrons. The molecule has 1 unspecified atom stereocenters. The highest BCUT2D eigenvalue weighted by Crippen LogP contribution is 2.41. The number of nitro benzene ring substituents is 1. The number of fused-ring (bicyclic) bond motifs is 1. The van der Waals surface area contributed by atoms with Crippen molar-refractivity contribution in [2.75, 3.05) is 6.79 Å². The predicted molar refractivity (Wildman–Crippen MR) is 53.5 cm³/mol. The summed E-state index contributed by atoms with van der Waals surface area (Å²) in [5, 5.41) is 10.3. The molecule has 1 heterocycles. The maximum atomic E-state index is 10.8. The molecule has 1 aliphatic rings. The van der Waals surface area contributed by atoms with Crippen molar-refractivity contribution >= 4 is 17.3 Å². The minimum absolute atomic E-state index is 0.0400. The van der Waals surface area contributed by atoms with E-state index >= 15 is 0 Å². The maximum absolute atomic E-state index is 10.8. The second kappa shape index (κ2) is 3.58. The summed E-state index contributed by atoms with van der Waals surface area (Å²) in [5.74, 6) is 0.894. The first kappa shape index (κ1) is 10.0. The summed E-state index contributed by atoms with van der Waals surface area (Å²) in [5.41, 5.74) is 0.396. The van der Waals surface area contributed by atoms with Gasteiger partial charge in [0, 0.05) is 0 Å². The highest BCUT2D eigenvalue weighted by molar-refractivity contribution is 6.20. The number of nitrogens with zero attached hydrogens (tertiary/aromatic N) is 1. The van der Waals surface area contributed by atoms with Crippen LogP contribution in [0.4, 0.5) is 5.69 Å². The van der Waals surface area contributed by atoms with E-state index in [-0.39, 0.29) is 12.5 Å². The molecule has 1 atom stereocenters. The van der Waals surface area contributed by atoms with Crippen molar-refractivity contribution in [2.24, 2.45) is 0 Å². The first-order chi connectivity index (χ1) is 7.09. The summed E-state index contributed by atoms with van der Waals surface area (Å²) >= 11 is 5.85. The zero-order valence-corrected chi connectivity index (χ0v) is 8.65. The maximum Gasteiger partial charge on any atom is 0.278 e. The van der Waals surface area contributed by atoms with Gasteiger partial charge in [-0.25, -0.2) is 0 Å². The third kappa shape index (κ3) is 1.70. The number of benzene rings is 1. The van der Waals surface area contributed by atoms with Gasteiger partial charge in [-0.2, -0.15) is 0 Å². The van der Waals surface area contributed by atoms with Gasteiger partial charge >= 0.3 is 0 Å². The lowest BCUT2D eigenvalue weighted by Crippen LogP contribution is -1.96. The zero-order chi connectivity index (χ0) is 11.0. The van der Waals surface area contributed by atoms with E-state index in [1.807, 2.05) is 0 Å². The Morgan fingerprint density at radius 2 is 2.07 bits per heavy atom. The van der Waals surface area contributed by atoms with Gasteiger partial charge in [-0.3, -0.25) is 10.1 Å². The largest absolute Gasteiger partial charge is 0.454 e. The second-order valence-corrected chi connectivity index (χ2v) is 3.79. The second-order valence-electron chi connectivity index (χ2n) is 3.14. The van der Waals surface area contributed by atoms with Gasteiger partial charge in [0.05, 0.1) is 21.9 Å². The Kier molecular flexibility index (Phi) is 2.40. The summed E-state index contributed by atoms with van der Waals surface area (Å²) in [7, 11) is 0. The van der Waals surface area contributed by atoms with Crippen molar-refractivity contribution in [3.63, 3.8) is 0 Å². The molecular formula is C9H8ClNO4. The van der Waals surface area contributed by atoms with Gasteiger partial charge in [0.2, 0.25) is 6.79 Å². The van der Waals surface area contributed by atoms with Crippen LogP contribution in [0.15, 0.2) is 12.1 Å². The third-order valence-corrected chi connectivity index (χ3v) is 2.38. The van der Waals surface area contributed by atoms with Crippen LogP contribution in [0.3, 0.4) is 0 Å². The lowest BCUT2D eigenvalue weighted by Gasteiger charge is -2.05. The molecule has 1 aromatic carbocycles. The number of ether oxygens (including phenoxy) is 2. The Labute approximate surface area is 90.7 Å². The number of hydrogen-bond acceptors (Lipinski definition) is 4. The van der Waals surface area contributed by atoms with E-state index in [4.69, 9.17) is 21.1 Å². The van der Waals surface area contributed by atoms with Gasteiger partial charge in [-0.1, -0.05) is 0 Å². The minimum Gasteiger partial charge on any atom is -0.454 e. The molecule has 0 saturated carbocycles. The van der Waals surface area contributed by atoms with Crippen LogP contribution in [-0.2, 0) is 0 Å². The van der Waals surface area contributed by atoms with Crippen molar-refractivity contribution in [1.29, 1.82) is 0 Å². The summed E-state index contributed by atoms with van der Waals surface area (Å²) < 4.78 is 10.2. The summed E-state index contributed by atoms with van der Waals surface area (Å²) in [6, 6.07) is 2.90. The monoisotopic (exact) mass is 229 g/mol. The van der Waals surface area contributed by atoms with Crippen LogP contribution >= 0.6 is 11.6 Å². The van der Waals surface area contributed by atoms with Gasteiger partial charge in [0.25, 0.3) is 5.69 Å². The number of rotatable bonds is 2. The third-order valence-electron chi connectivity index (χ3n) is 2.15. The summed E-state index contributed by atoms with van der Waals surface area (Å²) in [4.78, 5) is 10.3. The lowest BCUT2D eigenvalue weighted by atomic mass is 10.1. The smallest absolute Gasteiger partial charge is 0.278 e. The topological polar surface area (TPSA) is 61.6 Å². The standard InChI is InChI=1S/C9H8ClNO4/c1-5(10)6-2-8-9(15-4-14-8)3-7(6)11(12)13/h2-3,5H,4H2,1H3. The van der Waals surface area contributed by atoms with Gasteiger partial charge in [0.15, 0.2) is 11.5 Å². The van der Waals surface area contributed by atoms with Crippen molar-refractivity contribution < 1.29 is 14.4 Å². The van der Waals surface area contributed by atoms with E-state index in [1.54, 1.807) is 13.0 Å². The van der Waals surface area contributed by atoms with Gasteiger partial charge in [-0.15, -0.1) is 11.6 Å². The number of halogens is 1. The molecule has 1 aromatic rings. The van der Waals surface area contributed by atoms with Crippen LogP contribution in [0.25, 0.3) is 0 Å². The molecule has 80 valence electrons. The first-order valence-corrected chi connectivity index (χ1v) is 4.75. The van der Waals surface area contributed by atoms with Gasteiger partial charge in [-0.05, 0) is 13.0 Å². The molecule has 15 heavy (non-hydrogen) atoms. The van der Waals surface area contributed by atoms with E-state index < -0.39 is 10.3 Å². The fourth-order valence-corrected chi connectivity index (χ4v) is 1.60. The van der Waals surface area contributed by atoms with Crippen LogP contribution in [0.5, 0.6) is 11.5 Å². The van der Waals surface area contributed by atoms with Crippen molar-refractivity contribution in [1.82, 2.24) is 0 Å². The van der Waals surface area contributed by atoms with Gasteiger partial charge in [0.1, 0.15) is 0 Å². The Hall–Kier alpha value is -1.49. The molecule has 0 N–H and O–H groups in total. The Bertz CT molecular complexity index is 419. The van der Waals surface area contributed by atoms with Crippen LogP contribution in [0.1, 0.15) is 17.9 Å². The first-order valence-electron chi connectivity index (χ1n) is 4.31. The normalized spacial score (nSPS) is 15.1. The summed E-state index contributed by atoms with van der Waals surface area (Å²) in [6.45, 7) is 1.76. The molecule has 6 heteroatoms. The van der Waals surface area contributed by atoms with E-state index in [2.05, 4.69) is 0 Å². The molecule has 0 aliphatic carbocycles.